The highest BCUT2D eigenvalue weighted by Crippen LogP contribution is 2.25. The summed E-state index contributed by atoms with van der Waals surface area (Å²) in [5, 5.41) is 10.8. The molecule has 1 fully saturated rings. The molecule has 3 N–H and O–H groups in total. The molecule has 3 aromatic rings. The molecule has 7 heteroatoms. The fraction of sp³-hybridized carbons (Fsp3) is 0.353. The van der Waals surface area contributed by atoms with Gasteiger partial charge in [-0.25, -0.2) is 4.98 Å². The van der Waals surface area contributed by atoms with Gasteiger partial charge in [0, 0.05) is 29.7 Å². The summed E-state index contributed by atoms with van der Waals surface area (Å²) < 4.78 is 0. The van der Waals surface area contributed by atoms with E-state index in [2.05, 4.69) is 36.4 Å². The predicted molar refractivity (Wildman–Crippen MR) is 93.6 cm³/mol. The first-order valence-corrected chi connectivity index (χ1v) is 8.18. The van der Waals surface area contributed by atoms with E-state index in [1.165, 1.54) is 12.8 Å². The summed E-state index contributed by atoms with van der Waals surface area (Å²) in [4.78, 5) is 22.5. The van der Waals surface area contributed by atoms with Gasteiger partial charge in [0.05, 0.1) is 11.9 Å². The average Bonchev–Trinajstić information content (AvgIpc) is 3.28. The van der Waals surface area contributed by atoms with Crippen LogP contribution in [-0.4, -0.2) is 39.2 Å². The van der Waals surface area contributed by atoms with Crippen LogP contribution in [0.5, 0.6) is 0 Å². The Bertz CT molecular complexity index is 903. The van der Waals surface area contributed by atoms with Crippen molar-refractivity contribution in [3.63, 3.8) is 0 Å². The molecule has 0 bridgehead atoms. The number of aromatic nitrogens is 4. The molecule has 4 rings (SSSR count). The Labute approximate surface area is 139 Å². The summed E-state index contributed by atoms with van der Waals surface area (Å²) in [6.07, 6.45) is 4.12. The highest BCUT2D eigenvalue weighted by Gasteiger charge is 2.17. The van der Waals surface area contributed by atoms with Crippen LogP contribution in [0.1, 0.15) is 34.6 Å². The number of aryl methyl sites for hydroxylation is 1. The van der Waals surface area contributed by atoms with Crippen molar-refractivity contribution in [2.75, 3.05) is 23.3 Å². The Balaban J connectivity index is 1.58. The Morgan fingerprint density at radius 3 is 2.75 bits per heavy atom. The van der Waals surface area contributed by atoms with Crippen molar-refractivity contribution < 1.29 is 4.79 Å². The number of carbonyl (C=O) groups excluding carboxylic acids is 1. The van der Waals surface area contributed by atoms with Gasteiger partial charge in [0.2, 0.25) is 0 Å². The van der Waals surface area contributed by atoms with E-state index in [1.807, 2.05) is 19.9 Å². The Morgan fingerprint density at radius 2 is 2.04 bits per heavy atom. The largest absolute Gasteiger partial charge is 0.358 e. The zero-order valence-corrected chi connectivity index (χ0v) is 13.8. The van der Waals surface area contributed by atoms with Gasteiger partial charge in [-0.2, -0.15) is 5.10 Å². The lowest BCUT2D eigenvalue weighted by atomic mass is 10.2. The van der Waals surface area contributed by atoms with E-state index >= 15 is 0 Å². The molecule has 1 amide bonds. The van der Waals surface area contributed by atoms with E-state index in [9.17, 15) is 4.79 Å². The van der Waals surface area contributed by atoms with Gasteiger partial charge in [0.25, 0.3) is 5.91 Å². The number of nitrogens with one attached hydrogen (secondary N) is 3. The SMILES string of the molecule is Cc1[nH]nc(C(=O)Nc2cnc3[nH]c(N4CCCC4)cc3c2)c1C. The van der Waals surface area contributed by atoms with Gasteiger partial charge >= 0.3 is 0 Å². The lowest BCUT2D eigenvalue weighted by Gasteiger charge is -2.13. The zero-order chi connectivity index (χ0) is 16.7. The van der Waals surface area contributed by atoms with Crippen LogP contribution in [0.25, 0.3) is 11.0 Å². The van der Waals surface area contributed by atoms with E-state index in [1.54, 1.807) is 6.20 Å². The van der Waals surface area contributed by atoms with E-state index in [0.29, 0.717) is 11.4 Å². The van der Waals surface area contributed by atoms with Gasteiger partial charge in [-0.1, -0.05) is 0 Å². The summed E-state index contributed by atoms with van der Waals surface area (Å²) >= 11 is 0. The first kappa shape index (κ1) is 14.7. The Kier molecular flexibility index (Phi) is 3.48. The van der Waals surface area contributed by atoms with Crippen LogP contribution in [0, 0.1) is 13.8 Å². The second-order valence-corrected chi connectivity index (χ2v) is 6.29. The van der Waals surface area contributed by atoms with Crippen LogP contribution in [0.3, 0.4) is 0 Å². The van der Waals surface area contributed by atoms with Crippen molar-refractivity contribution >= 4 is 28.4 Å². The normalized spacial score (nSPS) is 14.5. The molecule has 7 nitrogen and oxygen atoms in total. The minimum atomic E-state index is -0.228. The number of pyridine rings is 1. The van der Waals surface area contributed by atoms with Crippen molar-refractivity contribution in [1.29, 1.82) is 0 Å². The molecule has 0 spiro atoms. The van der Waals surface area contributed by atoms with Crippen LogP contribution in [0.2, 0.25) is 0 Å². The third kappa shape index (κ3) is 2.51. The maximum Gasteiger partial charge on any atom is 0.276 e. The smallest absolute Gasteiger partial charge is 0.276 e. The third-order valence-electron chi connectivity index (χ3n) is 4.63. The van der Waals surface area contributed by atoms with Crippen LogP contribution in [-0.2, 0) is 0 Å². The van der Waals surface area contributed by atoms with E-state index in [0.717, 1.165) is 41.2 Å². The van der Waals surface area contributed by atoms with Gasteiger partial charge < -0.3 is 15.2 Å². The second-order valence-electron chi connectivity index (χ2n) is 6.29. The standard InChI is InChI=1S/C17H20N6O/c1-10-11(2)21-22-15(10)17(24)19-13-7-12-8-14(20-16(12)18-9-13)23-5-3-4-6-23/h7-9H,3-6H2,1-2H3,(H,18,20)(H,19,24)(H,21,22). The summed E-state index contributed by atoms with van der Waals surface area (Å²) in [7, 11) is 0. The van der Waals surface area contributed by atoms with E-state index in [-0.39, 0.29) is 5.91 Å². The van der Waals surface area contributed by atoms with Crippen molar-refractivity contribution in [2.45, 2.75) is 26.7 Å². The lowest BCUT2D eigenvalue weighted by molar-refractivity contribution is 0.102. The Morgan fingerprint density at radius 1 is 1.25 bits per heavy atom. The molecular formula is C17H20N6O. The molecule has 0 atom stereocenters. The summed E-state index contributed by atoms with van der Waals surface area (Å²) in [6, 6.07) is 4.03. The first-order valence-electron chi connectivity index (χ1n) is 8.18. The van der Waals surface area contributed by atoms with Gasteiger partial charge in [-0.15, -0.1) is 0 Å². The molecule has 1 saturated heterocycles. The molecule has 4 heterocycles. The summed E-state index contributed by atoms with van der Waals surface area (Å²) in [5.74, 6) is 0.866. The third-order valence-corrected chi connectivity index (χ3v) is 4.63. The maximum absolute atomic E-state index is 12.4. The molecule has 3 aromatic heterocycles. The van der Waals surface area contributed by atoms with Crippen LogP contribution >= 0.6 is 0 Å². The predicted octanol–water partition coefficient (Wildman–Crippen LogP) is 2.76. The monoisotopic (exact) mass is 324 g/mol. The molecule has 0 aliphatic carbocycles. The fourth-order valence-corrected chi connectivity index (χ4v) is 3.09. The average molecular weight is 324 g/mol. The van der Waals surface area contributed by atoms with Crippen molar-refractivity contribution in [2.24, 2.45) is 0 Å². The number of aromatic amines is 2. The second kappa shape index (κ2) is 5.67. The van der Waals surface area contributed by atoms with Crippen LogP contribution in [0.4, 0.5) is 11.5 Å². The molecule has 0 saturated carbocycles. The van der Waals surface area contributed by atoms with Gasteiger partial charge in [-0.3, -0.25) is 9.89 Å². The number of fused-ring (bicyclic) bond motifs is 1. The molecule has 24 heavy (non-hydrogen) atoms. The molecule has 0 unspecified atom stereocenters. The highest BCUT2D eigenvalue weighted by atomic mass is 16.1. The number of nitrogens with zero attached hydrogens (tertiary/aromatic N) is 3. The highest BCUT2D eigenvalue weighted by molar-refractivity contribution is 6.04. The summed E-state index contributed by atoms with van der Waals surface area (Å²) in [6.45, 7) is 5.93. The quantitative estimate of drug-likeness (QED) is 0.691. The molecule has 1 aliphatic heterocycles. The van der Waals surface area contributed by atoms with Crippen molar-refractivity contribution in [1.82, 2.24) is 20.2 Å². The Hall–Kier alpha value is -2.83. The van der Waals surface area contributed by atoms with Gasteiger partial charge in [0.15, 0.2) is 5.69 Å². The molecule has 0 aromatic carbocycles. The van der Waals surface area contributed by atoms with Crippen molar-refractivity contribution in [3.8, 4) is 0 Å². The van der Waals surface area contributed by atoms with Crippen LogP contribution in [0.15, 0.2) is 18.3 Å². The number of amides is 1. The molecular weight excluding hydrogens is 304 g/mol. The molecule has 1 aliphatic rings. The number of carbonyl (C=O) groups is 1. The molecule has 0 radical (unpaired) electrons. The maximum atomic E-state index is 12.4. The minimum Gasteiger partial charge on any atom is -0.358 e. The zero-order valence-electron chi connectivity index (χ0n) is 13.8. The number of hydrogen-bond acceptors (Lipinski definition) is 4. The van der Waals surface area contributed by atoms with E-state index in [4.69, 9.17) is 0 Å². The van der Waals surface area contributed by atoms with Gasteiger partial charge in [0.1, 0.15) is 11.5 Å². The number of hydrogen-bond donors (Lipinski definition) is 3. The minimum absolute atomic E-state index is 0.228. The van der Waals surface area contributed by atoms with Crippen LogP contribution < -0.4 is 10.2 Å². The first-order chi connectivity index (χ1) is 11.6. The number of anilines is 2. The topological polar surface area (TPSA) is 89.7 Å². The van der Waals surface area contributed by atoms with Crippen molar-refractivity contribution in [3.05, 3.63) is 35.3 Å². The number of rotatable bonds is 3. The fourth-order valence-electron chi connectivity index (χ4n) is 3.09. The lowest BCUT2D eigenvalue weighted by Crippen LogP contribution is -2.17. The molecule has 124 valence electrons. The summed E-state index contributed by atoms with van der Waals surface area (Å²) in [5.41, 5.74) is 3.68. The number of H-pyrrole nitrogens is 2. The van der Waals surface area contributed by atoms with Gasteiger partial charge in [-0.05, 0) is 38.8 Å². The van der Waals surface area contributed by atoms with E-state index < -0.39 is 0 Å².